The predicted molar refractivity (Wildman–Crippen MR) is 78.0 cm³/mol. The van der Waals surface area contributed by atoms with Crippen LogP contribution in [0.3, 0.4) is 0 Å². The highest BCUT2D eigenvalue weighted by atomic mass is 16.5. The fraction of sp³-hybridized carbons (Fsp3) is 0.176. The van der Waals surface area contributed by atoms with Crippen LogP contribution in [0.4, 0.5) is 0 Å². The third-order valence-corrected chi connectivity index (χ3v) is 2.96. The molecule has 2 rings (SSSR count). The molecule has 0 aliphatic heterocycles. The lowest BCUT2D eigenvalue weighted by Crippen LogP contribution is -2.09. The zero-order valence-electron chi connectivity index (χ0n) is 11.9. The third kappa shape index (κ3) is 3.11. The topological polar surface area (TPSA) is 52.6 Å². The Kier molecular flexibility index (Phi) is 4.72. The Hall–Kier alpha value is -2.62. The molecular formula is C17H15O4. The fourth-order valence-electron chi connectivity index (χ4n) is 2.04. The van der Waals surface area contributed by atoms with E-state index in [0.717, 1.165) is 0 Å². The van der Waals surface area contributed by atoms with Crippen LogP contribution in [0.15, 0.2) is 42.5 Å². The van der Waals surface area contributed by atoms with Crippen LogP contribution in [-0.4, -0.2) is 25.7 Å². The van der Waals surface area contributed by atoms with E-state index in [1.807, 2.05) is 0 Å². The number of benzene rings is 2. The van der Waals surface area contributed by atoms with Gasteiger partial charge in [-0.2, -0.15) is 0 Å². The SMILES string of the molecule is CCOC(=O)c1[c]cccc1-c1ccccc1C(=O)OC. The minimum atomic E-state index is -0.465. The molecule has 4 heteroatoms. The first kappa shape index (κ1) is 14.8. The van der Waals surface area contributed by atoms with E-state index in [1.54, 1.807) is 49.4 Å². The maximum atomic E-state index is 12.0. The molecule has 0 aliphatic carbocycles. The molecule has 0 saturated carbocycles. The van der Waals surface area contributed by atoms with E-state index in [9.17, 15) is 9.59 Å². The van der Waals surface area contributed by atoms with Gasteiger partial charge < -0.3 is 9.47 Å². The van der Waals surface area contributed by atoms with Crippen LogP contribution in [0, 0.1) is 6.07 Å². The summed E-state index contributed by atoms with van der Waals surface area (Å²) in [6.45, 7) is 2.02. The number of hydrogen-bond acceptors (Lipinski definition) is 4. The van der Waals surface area contributed by atoms with Crippen molar-refractivity contribution in [1.29, 1.82) is 0 Å². The highest BCUT2D eigenvalue weighted by Crippen LogP contribution is 2.28. The number of carbonyl (C=O) groups excluding carboxylic acids is 2. The van der Waals surface area contributed by atoms with Gasteiger partial charge in [-0.15, -0.1) is 0 Å². The number of ether oxygens (including phenoxy) is 2. The second kappa shape index (κ2) is 6.70. The average molecular weight is 283 g/mol. The lowest BCUT2D eigenvalue weighted by atomic mass is 9.95. The smallest absolute Gasteiger partial charge is 0.339 e. The van der Waals surface area contributed by atoms with Gasteiger partial charge in [0.2, 0.25) is 0 Å². The molecule has 21 heavy (non-hydrogen) atoms. The van der Waals surface area contributed by atoms with Crippen LogP contribution in [0.2, 0.25) is 0 Å². The molecule has 4 nitrogen and oxygen atoms in total. The molecule has 0 unspecified atom stereocenters. The molecule has 2 aromatic carbocycles. The quantitative estimate of drug-likeness (QED) is 0.809. The van der Waals surface area contributed by atoms with Crippen LogP contribution in [0.1, 0.15) is 27.6 Å². The van der Waals surface area contributed by atoms with Crippen molar-refractivity contribution in [2.24, 2.45) is 0 Å². The Balaban J connectivity index is 2.58. The van der Waals surface area contributed by atoms with Gasteiger partial charge in [0.1, 0.15) is 0 Å². The third-order valence-electron chi connectivity index (χ3n) is 2.96. The molecule has 0 bridgehead atoms. The van der Waals surface area contributed by atoms with E-state index in [-0.39, 0.29) is 6.61 Å². The first-order chi connectivity index (χ1) is 10.2. The summed E-state index contributed by atoms with van der Waals surface area (Å²) in [6, 6.07) is 15.0. The summed E-state index contributed by atoms with van der Waals surface area (Å²) >= 11 is 0. The first-order valence-electron chi connectivity index (χ1n) is 6.54. The monoisotopic (exact) mass is 283 g/mol. The Labute approximate surface area is 123 Å². The molecule has 1 radical (unpaired) electrons. The van der Waals surface area contributed by atoms with Gasteiger partial charge in [-0.1, -0.05) is 36.4 Å². The van der Waals surface area contributed by atoms with E-state index in [2.05, 4.69) is 6.07 Å². The van der Waals surface area contributed by atoms with E-state index < -0.39 is 11.9 Å². The van der Waals surface area contributed by atoms with Gasteiger partial charge in [0.25, 0.3) is 0 Å². The van der Waals surface area contributed by atoms with Crippen LogP contribution in [-0.2, 0) is 9.47 Å². The van der Waals surface area contributed by atoms with Gasteiger partial charge in [-0.3, -0.25) is 0 Å². The van der Waals surface area contributed by atoms with Gasteiger partial charge in [0.15, 0.2) is 0 Å². The zero-order chi connectivity index (χ0) is 15.2. The van der Waals surface area contributed by atoms with Gasteiger partial charge >= 0.3 is 11.9 Å². The van der Waals surface area contributed by atoms with Crippen molar-refractivity contribution in [1.82, 2.24) is 0 Å². The second-order valence-electron chi connectivity index (χ2n) is 4.22. The second-order valence-corrected chi connectivity index (χ2v) is 4.22. The standard InChI is InChI=1S/C17H15O4/c1-3-21-17(19)15-11-7-5-9-13(15)12-8-4-6-10-14(12)16(18)20-2/h4-10H,3H2,1-2H3. The van der Waals surface area contributed by atoms with Gasteiger partial charge in [-0.25, -0.2) is 9.59 Å². The maximum Gasteiger partial charge on any atom is 0.339 e. The minimum absolute atomic E-state index is 0.277. The highest BCUT2D eigenvalue weighted by Gasteiger charge is 2.18. The number of esters is 2. The zero-order valence-corrected chi connectivity index (χ0v) is 11.9. The first-order valence-corrected chi connectivity index (χ1v) is 6.54. The fourth-order valence-corrected chi connectivity index (χ4v) is 2.04. The van der Waals surface area contributed by atoms with Crippen molar-refractivity contribution < 1.29 is 19.1 Å². The van der Waals surface area contributed by atoms with Crippen molar-refractivity contribution >= 4 is 11.9 Å². The molecule has 0 aliphatic rings. The van der Waals surface area contributed by atoms with E-state index in [0.29, 0.717) is 22.3 Å². The average Bonchev–Trinajstić information content (AvgIpc) is 2.54. The Morgan fingerprint density at radius 1 is 1.05 bits per heavy atom. The van der Waals surface area contributed by atoms with E-state index in [1.165, 1.54) is 7.11 Å². The molecule has 2 aromatic rings. The highest BCUT2D eigenvalue weighted by molar-refractivity contribution is 6.03. The van der Waals surface area contributed by atoms with Crippen molar-refractivity contribution in [3.63, 3.8) is 0 Å². The number of methoxy groups -OCH3 is 1. The summed E-state index contributed by atoms with van der Waals surface area (Å²) in [7, 11) is 1.32. The number of rotatable bonds is 4. The molecule has 0 aromatic heterocycles. The summed E-state index contributed by atoms with van der Waals surface area (Å²) < 4.78 is 9.81. The van der Waals surface area contributed by atoms with Crippen LogP contribution in [0.25, 0.3) is 11.1 Å². The Morgan fingerprint density at radius 2 is 1.76 bits per heavy atom. The van der Waals surface area contributed by atoms with Crippen LogP contribution in [0.5, 0.6) is 0 Å². The van der Waals surface area contributed by atoms with Crippen molar-refractivity contribution in [2.75, 3.05) is 13.7 Å². The molecule has 107 valence electrons. The molecule has 0 spiro atoms. The molecule has 0 fully saturated rings. The molecule has 0 N–H and O–H groups in total. The number of carbonyl (C=O) groups is 2. The Bertz CT molecular complexity index is 661. The molecule has 0 amide bonds. The summed E-state index contributed by atoms with van der Waals surface area (Å²) in [4.78, 5) is 23.9. The largest absolute Gasteiger partial charge is 0.465 e. The molecule has 0 heterocycles. The number of hydrogen-bond donors (Lipinski definition) is 0. The molecular weight excluding hydrogens is 268 g/mol. The predicted octanol–water partition coefficient (Wildman–Crippen LogP) is 3.12. The van der Waals surface area contributed by atoms with Gasteiger partial charge in [-0.05, 0) is 30.2 Å². The van der Waals surface area contributed by atoms with E-state index >= 15 is 0 Å². The van der Waals surface area contributed by atoms with E-state index in [4.69, 9.17) is 9.47 Å². The molecule has 0 atom stereocenters. The van der Waals surface area contributed by atoms with Gasteiger partial charge in [0.05, 0.1) is 24.8 Å². The minimum Gasteiger partial charge on any atom is -0.465 e. The molecule has 0 saturated heterocycles. The van der Waals surface area contributed by atoms with Crippen molar-refractivity contribution in [3.05, 3.63) is 59.7 Å². The van der Waals surface area contributed by atoms with Crippen molar-refractivity contribution in [3.8, 4) is 11.1 Å². The van der Waals surface area contributed by atoms with Crippen molar-refractivity contribution in [2.45, 2.75) is 6.92 Å². The lowest BCUT2D eigenvalue weighted by molar-refractivity contribution is 0.0525. The summed E-state index contributed by atoms with van der Waals surface area (Å²) in [6.07, 6.45) is 0. The van der Waals surface area contributed by atoms with Crippen LogP contribution < -0.4 is 0 Å². The maximum absolute atomic E-state index is 12.0. The normalized spacial score (nSPS) is 10.0. The lowest BCUT2D eigenvalue weighted by Gasteiger charge is -2.11. The summed E-state index contributed by atoms with van der Waals surface area (Å²) in [5.74, 6) is -0.919. The van der Waals surface area contributed by atoms with Crippen LogP contribution >= 0.6 is 0 Å². The summed E-state index contributed by atoms with van der Waals surface area (Å²) in [5, 5.41) is 0. The summed E-state index contributed by atoms with van der Waals surface area (Å²) in [5.41, 5.74) is 1.90. The Morgan fingerprint density at radius 3 is 2.48 bits per heavy atom. The van der Waals surface area contributed by atoms with Gasteiger partial charge in [0, 0.05) is 0 Å².